The summed E-state index contributed by atoms with van der Waals surface area (Å²) in [6.07, 6.45) is 3.73. The smallest absolute Gasteiger partial charge is 0.253 e. The molecule has 154 valence electrons. The van der Waals surface area contributed by atoms with Gasteiger partial charge in [0.25, 0.3) is 5.91 Å². The van der Waals surface area contributed by atoms with Gasteiger partial charge in [-0.2, -0.15) is 0 Å². The van der Waals surface area contributed by atoms with E-state index in [0.29, 0.717) is 18.4 Å². The highest BCUT2D eigenvalue weighted by Crippen LogP contribution is 2.23. The Labute approximate surface area is 170 Å². The number of ether oxygens (including phenoxy) is 1. The maximum atomic E-state index is 12.4. The monoisotopic (exact) mass is 397 g/mol. The Morgan fingerprint density at radius 3 is 2.69 bits per heavy atom. The number of aliphatic hydroxyl groups is 1. The van der Waals surface area contributed by atoms with Crippen LogP contribution in [0.4, 0.5) is 0 Å². The van der Waals surface area contributed by atoms with Crippen molar-refractivity contribution >= 4 is 11.8 Å². The topological polar surface area (TPSA) is 101 Å². The van der Waals surface area contributed by atoms with Crippen LogP contribution in [0.3, 0.4) is 0 Å². The van der Waals surface area contributed by atoms with Crippen LogP contribution < -0.4 is 10.6 Å². The zero-order valence-electron chi connectivity index (χ0n) is 16.5. The standard InChI is InChI=1S/C22H27N3O4/c1-15(16-6-3-2-4-7-16)24-21(27)12-18-9-10-19(20(14-26)29-18)25-22(28)17-8-5-11-23-13-17/h2-8,11,13,15,18-20,26H,9-10,12,14H2,1H3,(H,24,27)(H,25,28)/t15-,18-,19-,20+/m0/s1. The van der Waals surface area contributed by atoms with Gasteiger partial charge in [0.1, 0.15) is 6.10 Å². The predicted octanol–water partition coefficient (Wildman–Crippen LogP) is 1.99. The van der Waals surface area contributed by atoms with E-state index in [2.05, 4.69) is 15.6 Å². The first-order valence-electron chi connectivity index (χ1n) is 9.88. The molecule has 0 saturated carbocycles. The Balaban J connectivity index is 1.50. The van der Waals surface area contributed by atoms with Gasteiger partial charge in [-0.25, -0.2) is 0 Å². The van der Waals surface area contributed by atoms with Crippen molar-refractivity contribution in [2.45, 2.75) is 50.5 Å². The van der Waals surface area contributed by atoms with Crippen molar-refractivity contribution in [1.29, 1.82) is 0 Å². The van der Waals surface area contributed by atoms with E-state index in [0.717, 1.165) is 5.56 Å². The van der Waals surface area contributed by atoms with Crippen molar-refractivity contribution in [2.24, 2.45) is 0 Å². The normalized spacial score (nSPS) is 22.5. The summed E-state index contributed by atoms with van der Waals surface area (Å²) in [5.74, 6) is -0.348. The fourth-order valence-electron chi connectivity index (χ4n) is 3.53. The van der Waals surface area contributed by atoms with Gasteiger partial charge in [-0.1, -0.05) is 30.3 Å². The third kappa shape index (κ3) is 5.85. The van der Waals surface area contributed by atoms with E-state index in [9.17, 15) is 14.7 Å². The second-order valence-electron chi connectivity index (χ2n) is 7.28. The summed E-state index contributed by atoms with van der Waals surface area (Å²) in [5.41, 5.74) is 1.50. The van der Waals surface area contributed by atoms with Crippen molar-refractivity contribution in [3.8, 4) is 0 Å². The quantitative estimate of drug-likeness (QED) is 0.663. The molecule has 2 heterocycles. The fraction of sp³-hybridized carbons (Fsp3) is 0.409. The van der Waals surface area contributed by atoms with Gasteiger partial charge >= 0.3 is 0 Å². The molecule has 2 amide bonds. The predicted molar refractivity (Wildman–Crippen MR) is 108 cm³/mol. The molecule has 1 aromatic carbocycles. The van der Waals surface area contributed by atoms with Crippen LogP contribution in [0.15, 0.2) is 54.9 Å². The number of carbonyl (C=O) groups is 2. The van der Waals surface area contributed by atoms with Crippen LogP contribution in [0.25, 0.3) is 0 Å². The highest BCUT2D eigenvalue weighted by Gasteiger charge is 2.33. The first-order chi connectivity index (χ1) is 14.1. The largest absolute Gasteiger partial charge is 0.394 e. The summed E-state index contributed by atoms with van der Waals surface area (Å²) >= 11 is 0. The first-order valence-corrected chi connectivity index (χ1v) is 9.88. The molecule has 7 nitrogen and oxygen atoms in total. The number of nitrogens with one attached hydrogen (secondary N) is 2. The summed E-state index contributed by atoms with van der Waals surface area (Å²) < 4.78 is 5.90. The summed E-state index contributed by atoms with van der Waals surface area (Å²) in [4.78, 5) is 28.7. The van der Waals surface area contributed by atoms with Gasteiger partial charge in [-0.15, -0.1) is 0 Å². The lowest BCUT2D eigenvalue weighted by atomic mass is 9.96. The second kappa shape index (κ2) is 10.1. The SMILES string of the molecule is C[C@H](NC(=O)C[C@@H]1CC[C@H](NC(=O)c2cccnc2)[C@@H](CO)O1)c1ccccc1. The lowest BCUT2D eigenvalue weighted by Gasteiger charge is -2.36. The van der Waals surface area contributed by atoms with Crippen LogP contribution in [0.2, 0.25) is 0 Å². The molecule has 0 bridgehead atoms. The maximum Gasteiger partial charge on any atom is 0.253 e. The molecule has 1 saturated heterocycles. The van der Waals surface area contributed by atoms with Gasteiger partial charge in [0.2, 0.25) is 5.91 Å². The van der Waals surface area contributed by atoms with E-state index in [1.165, 1.54) is 6.20 Å². The molecule has 4 atom stereocenters. The van der Waals surface area contributed by atoms with Crippen LogP contribution in [-0.4, -0.2) is 46.8 Å². The molecule has 0 aliphatic carbocycles. The fourth-order valence-corrected chi connectivity index (χ4v) is 3.53. The summed E-state index contributed by atoms with van der Waals surface area (Å²) in [5, 5.41) is 15.6. The third-order valence-corrected chi connectivity index (χ3v) is 5.13. The second-order valence-corrected chi connectivity index (χ2v) is 7.28. The average Bonchev–Trinajstić information content (AvgIpc) is 2.75. The molecule has 2 aromatic rings. The van der Waals surface area contributed by atoms with Crippen molar-refractivity contribution in [2.75, 3.05) is 6.61 Å². The Bertz CT molecular complexity index is 800. The first kappa shape index (κ1) is 21.0. The molecule has 3 rings (SSSR count). The highest BCUT2D eigenvalue weighted by atomic mass is 16.5. The van der Waals surface area contributed by atoms with Gasteiger partial charge in [0.15, 0.2) is 0 Å². The van der Waals surface area contributed by atoms with Gasteiger partial charge in [-0.05, 0) is 37.5 Å². The van der Waals surface area contributed by atoms with Gasteiger partial charge in [0, 0.05) is 12.4 Å². The molecule has 1 aromatic heterocycles. The number of carbonyl (C=O) groups excluding carboxylic acids is 2. The van der Waals surface area contributed by atoms with Crippen LogP contribution >= 0.6 is 0 Å². The number of hydrogen-bond donors (Lipinski definition) is 3. The van der Waals surface area contributed by atoms with Crippen molar-refractivity contribution in [3.63, 3.8) is 0 Å². The number of amides is 2. The number of rotatable bonds is 7. The number of hydrogen-bond acceptors (Lipinski definition) is 5. The number of nitrogens with zero attached hydrogens (tertiary/aromatic N) is 1. The van der Waals surface area contributed by atoms with Gasteiger partial charge < -0.3 is 20.5 Å². The minimum atomic E-state index is -0.547. The highest BCUT2D eigenvalue weighted by molar-refractivity contribution is 5.94. The van der Waals surface area contributed by atoms with E-state index in [1.54, 1.807) is 18.3 Å². The lowest BCUT2D eigenvalue weighted by molar-refractivity contribution is -0.131. The zero-order chi connectivity index (χ0) is 20.6. The molecule has 7 heteroatoms. The molecular formula is C22H27N3O4. The Morgan fingerprint density at radius 2 is 2.00 bits per heavy atom. The Morgan fingerprint density at radius 1 is 1.21 bits per heavy atom. The van der Waals surface area contributed by atoms with E-state index in [4.69, 9.17) is 4.74 Å². The van der Waals surface area contributed by atoms with E-state index >= 15 is 0 Å². The van der Waals surface area contributed by atoms with Crippen molar-refractivity contribution in [3.05, 3.63) is 66.0 Å². The van der Waals surface area contributed by atoms with E-state index in [-0.39, 0.29) is 43.0 Å². The summed E-state index contributed by atoms with van der Waals surface area (Å²) in [7, 11) is 0. The van der Waals surface area contributed by atoms with Crippen LogP contribution in [0.1, 0.15) is 48.1 Å². The number of aliphatic hydroxyl groups excluding tert-OH is 1. The third-order valence-electron chi connectivity index (χ3n) is 5.13. The molecule has 0 spiro atoms. The van der Waals surface area contributed by atoms with Crippen molar-refractivity contribution < 1.29 is 19.4 Å². The summed E-state index contributed by atoms with van der Waals surface area (Å²) in [6.45, 7) is 1.71. The minimum absolute atomic E-state index is 0.0903. The number of aromatic nitrogens is 1. The molecular weight excluding hydrogens is 370 g/mol. The molecule has 1 aliphatic rings. The van der Waals surface area contributed by atoms with Crippen molar-refractivity contribution in [1.82, 2.24) is 15.6 Å². The molecule has 0 unspecified atom stereocenters. The number of pyridine rings is 1. The Hall–Kier alpha value is -2.77. The Kier molecular flexibility index (Phi) is 7.32. The molecule has 29 heavy (non-hydrogen) atoms. The van der Waals surface area contributed by atoms with E-state index < -0.39 is 6.10 Å². The minimum Gasteiger partial charge on any atom is -0.394 e. The molecule has 0 radical (unpaired) electrons. The summed E-state index contributed by atoms with van der Waals surface area (Å²) in [6, 6.07) is 12.7. The molecule has 3 N–H and O–H groups in total. The van der Waals surface area contributed by atoms with Crippen LogP contribution in [0.5, 0.6) is 0 Å². The molecule has 1 fully saturated rings. The lowest BCUT2D eigenvalue weighted by Crippen LogP contribution is -2.51. The van der Waals surface area contributed by atoms with Crippen LogP contribution in [-0.2, 0) is 9.53 Å². The van der Waals surface area contributed by atoms with Gasteiger partial charge in [-0.3, -0.25) is 14.6 Å². The zero-order valence-corrected chi connectivity index (χ0v) is 16.5. The maximum absolute atomic E-state index is 12.4. The average molecular weight is 397 g/mol. The molecule has 1 aliphatic heterocycles. The number of benzene rings is 1. The van der Waals surface area contributed by atoms with E-state index in [1.807, 2.05) is 37.3 Å². The van der Waals surface area contributed by atoms with Crippen LogP contribution in [0, 0.1) is 0 Å². The van der Waals surface area contributed by atoms with Gasteiger partial charge in [0.05, 0.1) is 36.8 Å².